The molecule has 0 amide bonds. The van der Waals surface area contributed by atoms with Crippen LogP contribution in [0.2, 0.25) is 0 Å². The van der Waals surface area contributed by atoms with Crippen molar-refractivity contribution in [3.63, 3.8) is 0 Å². The predicted molar refractivity (Wildman–Crippen MR) is 130 cm³/mol. The van der Waals surface area contributed by atoms with Crippen LogP contribution in [0.5, 0.6) is 5.75 Å². The maximum Gasteiger partial charge on any atom is 0.137 e. The van der Waals surface area contributed by atoms with Gasteiger partial charge in [0, 0.05) is 12.8 Å². The predicted octanol–water partition coefficient (Wildman–Crippen LogP) is 7.91. The Morgan fingerprint density at radius 1 is 1.00 bits per heavy atom. The molecule has 0 saturated carbocycles. The summed E-state index contributed by atoms with van der Waals surface area (Å²) in [4.78, 5) is 12.3. The first-order chi connectivity index (χ1) is 15.0. The van der Waals surface area contributed by atoms with E-state index in [2.05, 4.69) is 57.2 Å². The summed E-state index contributed by atoms with van der Waals surface area (Å²) in [7, 11) is 0. The second-order valence-corrected chi connectivity index (χ2v) is 9.57. The SMILES string of the molecule is CCCCCCC(C)(C)c1ccc(C2CC=CCC(=O)C2)c(OCc2ccccc2)c1. The molecule has 31 heavy (non-hydrogen) atoms. The Hall–Kier alpha value is -2.35. The van der Waals surface area contributed by atoms with Crippen LogP contribution in [0.15, 0.2) is 60.7 Å². The highest BCUT2D eigenvalue weighted by molar-refractivity contribution is 5.81. The average molecular weight is 419 g/mol. The molecule has 2 aromatic carbocycles. The van der Waals surface area contributed by atoms with Gasteiger partial charge in [-0.25, -0.2) is 0 Å². The third kappa shape index (κ3) is 6.82. The first kappa shape index (κ1) is 23.3. The minimum absolute atomic E-state index is 0.107. The van der Waals surface area contributed by atoms with E-state index in [0.717, 1.165) is 17.7 Å². The summed E-state index contributed by atoms with van der Waals surface area (Å²) in [6, 6.07) is 17.0. The van der Waals surface area contributed by atoms with Crippen LogP contribution in [0.3, 0.4) is 0 Å². The number of hydrogen-bond donors (Lipinski definition) is 0. The molecule has 2 nitrogen and oxygen atoms in total. The van der Waals surface area contributed by atoms with Gasteiger partial charge in [0.1, 0.15) is 18.1 Å². The molecule has 166 valence electrons. The normalized spacial score (nSPS) is 16.9. The van der Waals surface area contributed by atoms with Gasteiger partial charge in [0.25, 0.3) is 0 Å². The summed E-state index contributed by atoms with van der Waals surface area (Å²) in [6.45, 7) is 7.48. The van der Waals surface area contributed by atoms with Gasteiger partial charge < -0.3 is 4.74 Å². The number of carbonyl (C=O) groups is 1. The fourth-order valence-electron chi connectivity index (χ4n) is 4.44. The lowest BCUT2D eigenvalue weighted by Gasteiger charge is -2.28. The standard InChI is InChI=1S/C29H38O2/c1-4-5-6-12-19-29(2,3)25-17-18-27(24-15-10-11-16-26(30)20-24)28(21-25)31-22-23-13-8-7-9-14-23/h7-11,13-14,17-18,21,24H,4-6,12,15-16,19-20,22H2,1-3H3. The fraction of sp³-hybridized carbons (Fsp3) is 0.483. The second kappa shape index (κ2) is 11.3. The number of ether oxygens (including phenoxy) is 1. The number of benzene rings is 2. The lowest BCUT2D eigenvalue weighted by atomic mass is 9.78. The van der Waals surface area contributed by atoms with E-state index in [1.165, 1.54) is 43.2 Å². The molecule has 1 aliphatic rings. The smallest absolute Gasteiger partial charge is 0.137 e. The van der Waals surface area contributed by atoms with Crippen molar-refractivity contribution >= 4 is 5.78 Å². The largest absolute Gasteiger partial charge is 0.489 e. The number of unbranched alkanes of at least 4 members (excludes halogenated alkanes) is 3. The summed E-state index contributed by atoms with van der Waals surface area (Å²) < 4.78 is 6.40. The van der Waals surface area contributed by atoms with Gasteiger partial charge in [-0.1, -0.05) is 101 Å². The molecule has 1 unspecified atom stereocenters. The zero-order chi connectivity index (χ0) is 22.1. The van der Waals surface area contributed by atoms with E-state index in [1.54, 1.807) is 0 Å². The number of ketones is 1. The van der Waals surface area contributed by atoms with Crippen LogP contribution in [-0.2, 0) is 16.8 Å². The Kier molecular flexibility index (Phi) is 8.51. The summed E-state index contributed by atoms with van der Waals surface area (Å²) >= 11 is 0. The molecule has 0 aromatic heterocycles. The van der Waals surface area contributed by atoms with Crippen LogP contribution in [-0.4, -0.2) is 5.78 Å². The Morgan fingerprint density at radius 2 is 1.81 bits per heavy atom. The number of rotatable bonds is 10. The molecule has 0 fully saturated rings. The van der Waals surface area contributed by atoms with E-state index in [1.807, 2.05) is 24.3 Å². The summed E-state index contributed by atoms with van der Waals surface area (Å²) in [5, 5.41) is 0. The van der Waals surface area contributed by atoms with Crippen LogP contribution in [0.4, 0.5) is 0 Å². The highest BCUT2D eigenvalue weighted by Crippen LogP contribution is 2.39. The van der Waals surface area contributed by atoms with Gasteiger partial charge in [-0.2, -0.15) is 0 Å². The van der Waals surface area contributed by atoms with Crippen LogP contribution in [0, 0.1) is 0 Å². The van der Waals surface area contributed by atoms with Crippen LogP contribution < -0.4 is 4.74 Å². The van der Waals surface area contributed by atoms with E-state index in [9.17, 15) is 4.79 Å². The molecule has 0 radical (unpaired) electrons. The summed E-state index contributed by atoms with van der Waals surface area (Å²) in [6.07, 6.45) is 12.5. The molecule has 1 atom stereocenters. The molecule has 0 spiro atoms. The van der Waals surface area contributed by atoms with Gasteiger partial charge >= 0.3 is 0 Å². The monoisotopic (exact) mass is 418 g/mol. The van der Waals surface area contributed by atoms with Gasteiger partial charge in [-0.15, -0.1) is 0 Å². The Labute approximate surface area is 188 Å². The molecule has 2 heteroatoms. The molecule has 0 heterocycles. The second-order valence-electron chi connectivity index (χ2n) is 9.57. The highest BCUT2D eigenvalue weighted by Gasteiger charge is 2.25. The van der Waals surface area contributed by atoms with E-state index >= 15 is 0 Å². The van der Waals surface area contributed by atoms with Crippen LogP contribution in [0.25, 0.3) is 0 Å². The molecule has 0 bridgehead atoms. The van der Waals surface area contributed by atoms with Crippen molar-refractivity contribution in [1.82, 2.24) is 0 Å². The minimum atomic E-state index is 0.107. The topological polar surface area (TPSA) is 26.3 Å². The van der Waals surface area contributed by atoms with E-state index in [-0.39, 0.29) is 11.3 Å². The zero-order valence-corrected chi connectivity index (χ0v) is 19.5. The van der Waals surface area contributed by atoms with Crippen LogP contribution in [0.1, 0.15) is 94.7 Å². The van der Waals surface area contributed by atoms with Crippen molar-refractivity contribution in [2.75, 3.05) is 0 Å². The molecule has 0 aliphatic heterocycles. The highest BCUT2D eigenvalue weighted by atomic mass is 16.5. The molecule has 0 saturated heterocycles. The van der Waals surface area contributed by atoms with E-state index < -0.39 is 0 Å². The number of allylic oxidation sites excluding steroid dienone is 2. The lowest BCUT2D eigenvalue weighted by Crippen LogP contribution is -2.18. The summed E-state index contributed by atoms with van der Waals surface area (Å²) in [5.74, 6) is 1.45. The van der Waals surface area contributed by atoms with Crippen molar-refractivity contribution < 1.29 is 9.53 Å². The van der Waals surface area contributed by atoms with Crippen molar-refractivity contribution in [2.45, 2.75) is 90.1 Å². The number of Topliss-reactive ketones (excluding diaryl/α,β-unsaturated/α-hetero) is 1. The Balaban J connectivity index is 1.85. The number of hydrogen-bond acceptors (Lipinski definition) is 2. The van der Waals surface area contributed by atoms with Crippen molar-refractivity contribution in [3.8, 4) is 5.75 Å². The molecular formula is C29H38O2. The first-order valence-corrected chi connectivity index (χ1v) is 12.0. The van der Waals surface area contributed by atoms with Gasteiger partial charge in [0.2, 0.25) is 0 Å². The first-order valence-electron chi connectivity index (χ1n) is 12.0. The average Bonchev–Trinajstić information content (AvgIpc) is 3.00. The third-order valence-electron chi connectivity index (χ3n) is 6.53. The Morgan fingerprint density at radius 3 is 2.58 bits per heavy atom. The maximum absolute atomic E-state index is 12.3. The van der Waals surface area contributed by atoms with E-state index in [4.69, 9.17) is 4.74 Å². The summed E-state index contributed by atoms with van der Waals surface area (Å²) in [5.41, 5.74) is 3.76. The third-order valence-corrected chi connectivity index (χ3v) is 6.53. The van der Waals surface area contributed by atoms with Gasteiger partial charge in [-0.05, 0) is 46.9 Å². The molecular weight excluding hydrogens is 380 g/mol. The fourth-order valence-corrected chi connectivity index (χ4v) is 4.44. The zero-order valence-electron chi connectivity index (χ0n) is 19.5. The molecule has 0 N–H and O–H groups in total. The molecule has 3 rings (SSSR count). The van der Waals surface area contributed by atoms with Gasteiger partial charge in [0.05, 0.1) is 0 Å². The molecule has 2 aromatic rings. The Bertz CT molecular complexity index is 864. The quantitative estimate of drug-likeness (QED) is 0.289. The van der Waals surface area contributed by atoms with Crippen molar-refractivity contribution in [2.24, 2.45) is 0 Å². The van der Waals surface area contributed by atoms with Gasteiger partial charge in [0.15, 0.2) is 0 Å². The van der Waals surface area contributed by atoms with Gasteiger partial charge in [-0.3, -0.25) is 4.79 Å². The van der Waals surface area contributed by atoms with Crippen molar-refractivity contribution in [1.29, 1.82) is 0 Å². The minimum Gasteiger partial charge on any atom is -0.489 e. The maximum atomic E-state index is 12.3. The lowest BCUT2D eigenvalue weighted by molar-refractivity contribution is -0.118. The van der Waals surface area contributed by atoms with Crippen LogP contribution >= 0.6 is 0 Å². The van der Waals surface area contributed by atoms with Crippen molar-refractivity contribution in [3.05, 3.63) is 77.4 Å². The van der Waals surface area contributed by atoms with E-state index in [0.29, 0.717) is 25.2 Å². The number of carbonyl (C=O) groups excluding carboxylic acids is 1. The molecule has 1 aliphatic carbocycles.